The lowest BCUT2D eigenvalue weighted by molar-refractivity contribution is -0.150. The molecule has 0 saturated carbocycles. The molecule has 1 N–H and O–H groups in total. The molecule has 2 aromatic rings. The second-order valence-corrected chi connectivity index (χ2v) is 9.05. The maximum absolute atomic E-state index is 13.8. The fourth-order valence-electron chi connectivity index (χ4n) is 5.75. The number of amides is 3. The summed E-state index contributed by atoms with van der Waals surface area (Å²) in [5.41, 5.74) is -1.67. The number of rotatable bonds is 4. The van der Waals surface area contributed by atoms with Crippen LogP contribution < -0.4 is 5.32 Å². The minimum atomic E-state index is -4.49. The van der Waals surface area contributed by atoms with E-state index in [0.717, 1.165) is 17.0 Å². The summed E-state index contributed by atoms with van der Waals surface area (Å²) in [6.45, 7) is 2.57. The predicted molar refractivity (Wildman–Crippen MR) is 113 cm³/mol. The number of carbonyl (C=O) groups excluding carboxylic acids is 3. The van der Waals surface area contributed by atoms with Crippen LogP contribution in [0.25, 0.3) is 0 Å². The van der Waals surface area contributed by atoms with Crippen LogP contribution in [0.5, 0.6) is 0 Å². The molecule has 10 heteroatoms. The van der Waals surface area contributed by atoms with Crippen LogP contribution in [0.4, 0.5) is 13.2 Å². The summed E-state index contributed by atoms with van der Waals surface area (Å²) in [5, 5.41) is 3.28. The lowest BCUT2D eigenvalue weighted by Crippen LogP contribution is -2.63. The number of halogens is 3. The van der Waals surface area contributed by atoms with Gasteiger partial charge in [0, 0.05) is 19.1 Å². The number of piperidine rings is 1. The molecule has 5 rings (SSSR count). The Morgan fingerprint density at radius 3 is 2.47 bits per heavy atom. The first kappa shape index (κ1) is 22.6. The molecule has 0 unspecified atom stereocenters. The zero-order valence-electron chi connectivity index (χ0n) is 18.5. The number of fused-ring (bicyclic) bond motifs is 2. The number of furan rings is 1. The molecule has 3 fully saturated rings. The fraction of sp³-hybridized carbons (Fsp3) is 0.458. The standard InChI is InChI=1S/C24H24F3N3O4/c1-2-30-20(31)17-18(21(30)32)23(10-4-11-29(22(23)33)13-16-5-3-12-34-16)28-19(17)14-6-8-15(9-7-14)24(25,26)27/h3,5-9,12,17-19,28H,2,4,10-11,13H2,1H3/t17-,18-,19-,23-/m1/s1. The number of nitrogens with one attached hydrogen (secondary N) is 1. The summed E-state index contributed by atoms with van der Waals surface area (Å²) < 4.78 is 44.6. The molecule has 0 bridgehead atoms. The van der Waals surface area contributed by atoms with Crippen LogP contribution in [-0.4, -0.2) is 46.1 Å². The maximum atomic E-state index is 13.8. The first-order valence-electron chi connectivity index (χ1n) is 11.3. The molecular weight excluding hydrogens is 451 g/mol. The number of carbonyl (C=O) groups is 3. The second-order valence-electron chi connectivity index (χ2n) is 9.05. The Morgan fingerprint density at radius 1 is 1.12 bits per heavy atom. The van der Waals surface area contributed by atoms with E-state index in [9.17, 15) is 27.6 Å². The largest absolute Gasteiger partial charge is 0.467 e. The summed E-state index contributed by atoms with van der Waals surface area (Å²) >= 11 is 0. The molecule has 3 saturated heterocycles. The Balaban J connectivity index is 1.54. The summed E-state index contributed by atoms with van der Waals surface area (Å²) in [7, 11) is 0. The first-order chi connectivity index (χ1) is 16.2. The Bertz CT molecular complexity index is 1120. The van der Waals surface area contributed by atoms with Gasteiger partial charge in [0.2, 0.25) is 17.7 Å². The van der Waals surface area contributed by atoms with Crippen LogP contribution in [0.2, 0.25) is 0 Å². The van der Waals surface area contributed by atoms with Gasteiger partial charge in [-0.3, -0.25) is 24.6 Å². The van der Waals surface area contributed by atoms with Crippen LogP contribution in [0.15, 0.2) is 47.1 Å². The predicted octanol–water partition coefficient (Wildman–Crippen LogP) is 3.13. The zero-order chi connectivity index (χ0) is 24.3. The minimum absolute atomic E-state index is 0.171. The number of nitrogens with zero attached hydrogens (tertiary/aromatic N) is 2. The normalized spacial score (nSPS) is 29.4. The van der Waals surface area contributed by atoms with E-state index in [1.807, 2.05) is 0 Å². The molecule has 4 heterocycles. The van der Waals surface area contributed by atoms with Crippen molar-refractivity contribution < 1.29 is 32.0 Å². The Kier molecular flexibility index (Phi) is 5.31. The number of imide groups is 1. The van der Waals surface area contributed by atoms with Crippen molar-refractivity contribution >= 4 is 17.7 Å². The van der Waals surface area contributed by atoms with Gasteiger partial charge in [-0.1, -0.05) is 12.1 Å². The van der Waals surface area contributed by atoms with Gasteiger partial charge in [0.15, 0.2) is 0 Å². The highest BCUT2D eigenvalue weighted by Gasteiger charge is 2.68. The highest BCUT2D eigenvalue weighted by Crippen LogP contribution is 2.52. The number of hydrogen-bond acceptors (Lipinski definition) is 5. The van der Waals surface area contributed by atoms with E-state index in [-0.39, 0.29) is 19.0 Å². The van der Waals surface area contributed by atoms with E-state index in [0.29, 0.717) is 30.7 Å². The van der Waals surface area contributed by atoms with Gasteiger partial charge in [-0.05, 0) is 49.6 Å². The third-order valence-corrected chi connectivity index (χ3v) is 7.25. The smallest absolute Gasteiger partial charge is 0.416 e. The number of likely N-dealkylation sites (tertiary alicyclic amines) is 2. The Morgan fingerprint density at radius 2 is 1.85 bits per heavy atom. The Labute approximate surface area is 193 Å². The van der Waals surface area contributed by atoms with Crippen molar-refractivity contribution in [2.24, 2.45) is 11.8 Å². The summed E-state index contributed by atoms with van der Waals surface area (Å²) in [6.07, 6.45) is -2.01. The van der Waals surface area contributed by atoms with E-state index < -0.39 is 47.0 Å². The fourth-order valence-corrected chi connectivity index (χ4v) is 5.75. The Hall–Kier alpha value is -3.14. The molecule has 7 nitrogen and oxygen atoms in total. The van der Waals surface area contributed by atoms with E-state index >= 15 is 0 Å². The van der Waals surface area contributed by atoms with E-state index in [1.165, 1.54) is 18.4 Å². The molecule has 180 valence electrons. The molecule has 34 heavy (non-hydrogen) atoms. The zero-order valence-corrected chi connectivity index (χ0v) is 18.5. The molecule has 1 spiro atoms. The molecular formula is C24H24F3N3O4. The number of hydrogen-bond donors (Lipinski definition) is 1. The second kappa shape index (κ2) is 7.97. The average Bonchev–Trinajstić information content (AvgIpc) is 3.49. The highest BCUT2D eigenvalue weighted by atomic mass is 19.4. The average molecular weight is 475 g/mol. The third kappa shape index (κ3) is 3.34. The van der Waals surface area contributed by atoms with Crippen molar-refractivity contribution in [3.05, 3.63) is 59.5 Å². The van der Waals surface area contributed by atoms with Crippen LogP contribution in [-0.2, 0) is 27.1 Å². The van der Waals surface area contributed by atoms with Crippen LogP contribution in [0.3, 0.4) is 0 Å². The quantitative estimate of drug-likeness (QED) is 0.688. The summed E-state index contributed by atoms with van der Waals surface area (Å²) in [6, 6.07) is 7.28. The van der Waals surface area contributed by atoms with Gasteiger partial charge < -0.3 is 9.32 Å². The van der Waals surface area contributed by atoms with E-state index in [2.05, 4.69) is 5.32 Å². The lowest BCUT2D eigenvalue weighted by atomic mass is 9.74. The van der Waals surface area contributed by atoms with Gasteiger partial charge in [0.25, 0.3) is 0 Å². The molecule has 1 aromatic heterocycles. The topological polar surface area (TPSA) is 82.9 Å². The van der Waals surface area contributed by atoms with Crippen molar-refractivity contribution in [3.8, 4) is 0 Å². The van der Waals surface area contributed by atoms with Crippen molar-refractivity contribution in [2.75, 3.05) is 13.1 Å². The molecule has 1 aromatic carbocycles. The van der Waals surface area contributed by atoms with Crippen LogP contribution in [0.1, 0.15) is 42.7 Å². The molecule has 3 aliphatic heterocycles. The summed E-state index contributed by atoms with van der Waals surface area (Å²) in [4.78, 5) is 43.2. The highest BCUT2D eigenvalue weighted by molar-refractivity contribution is 6.10. The summed E-state index contributed by atoms with van der Waals surface area (Å²) in [5.74, 6) is -2.28. The molecule has 3 amide bonds. The van der Waals surface area contributed by atoms with Crippen molar-refractivity contribution in [2.45, 2.75) is 44.1 Å². The van der Waals surface area contributed by atoms with Gasteiger partial charge in [-0.2, -0.15) is 13.2 Å². The van der Waals surface area contributed by atoms with Crippen LogP contribution in [0, 0.1) is 11.8 Å². The number of alkyl halides is 3. The van der Waals surface area contributed by atoms with E-state index in [4.69, 9.17) is 4.42 Å². The monoisotopic (exact) mass is 475 g/mol. The molecule has 4 atom stereocenters. The minimum Gasteiger partial charge on any atom is -0.467 e. The molecule has 0 aliphatic carbocycles. The first-order valence-corrected chi connectivity index (χ1v) is 11.3. The van der Waals surface area contributed by atoms with Gasteiger partial charge in [-0.25, -0.2) is 0 Å². The maximum Gasteiger partial charge on any atom is 0.416 e. The van der Waals surface area contributed by atoms with Crippen molar-refractivity contribution in [1.82, 2.24) is 15.1 Å². The lowest BCUT2D eigenvalue weighted by Gasteiger charge is -2.42. The molecule has 3 aliphatic rings. The van der Waals surface area contributed by atoms with E-state index in [1.54, 1.807) is 24.0 Å². The molecule has 0 radical (unpaired) electrons. The van der Waals surface area contributed by atoms with Crippen molar-refractivity contribution in [3.63, 3.8) is 0 Å². The van der Waals surface area contributed by atoms with Gasteiger partial charge in [-0.15, -0.1) is 0 Å². The third-order valence-electron chi connectivity index (χ3n) is 7.25. The van der Waals surface area contributed by atoms with Gasteiger partial charge >= 0.3 is 6.18 Å². The number of benzene rings is 1. The van der Waals surface area contributed by atoms with Crippen molar-refractivity contribution in [1.29, 1.82) is 0 Å². The SMILES string of the molecule is CCN1C(=O)[C@H]2[C@@H](c3ccc(C(F)(F)F)cc3)N[C@]3(CCCN(Cc4ccco4)C3=O)[C@H]2C1=O. The van der Waals surface area contributed by atoms with Gasteiger partial charge in [0.1, 0.15) is 11.3 Å². The van der Waals surface area contributed by atoms with Gasteiger partial charge in [0.05, 0.1) is 30.2 Å². The van der Waals surface area contributed by atoms with Crippen LogP contribution >= 0.6 is 0 Å².